The third kappa shape index (κ3) is 4.22. The number of aryl methyl sites for hydroxylation is 2. The Morgan fingerprint density at radius 3 is 2.46 bits per heavy atom. The van der Waals surface area contributed by atoms with Crippen LogP contribution in [0.15, 0.2) is 12.1 Å². The van der Waals surface area contributed by atoms with Gasteiger partial charge in [-0.25, -0.2) is 4.79 Å². The van der Waals surface area contributed by atoms with Crippen LogP contribution in [0.25, 0.3) is 0 Å². The molecule has 0 unspecified atom stereocenters. The number of nitrogens with zero attached hydrogens (tertiary/aromatic N) is 3. The summed E-state index contributed by atoms with van der Waals surface area (Å²) in [6.07, 6.45) is 0.732. The van der Waals surface area contributed by atoms with Crippen molar-refractivity contribution >= 4 is 23.3 Å². The van der Waals surface area contributed by atoms with Crippen molar-refractivity contribution in [2.24, 2.45) is 7.05 Å². The highest BCUT2D eigenvalue weighted by atomic mass is 35.5. The number of methoxy groups -OCH3 is 2. The molecule has 0 bridgehead atoms. The summed E-state index contributed by atoms with van der Waals surface area (Å²) in [6, 6.07) is 3.00. The lowest BCUT2D eigenvalue weighted by Crippen LogP contribution is -2.33. The van der Waals surface area contributed by atoms with E-state index in [1.807, 2.05) is 25.6 Å². The van der Waals surface area contributed by atoms with Crippen LogP contribution in [0.4, 0.5) is 10.5 Å². The van der Waals surface area contributed by atoms with Crippen molar-refractivity contribution in [1.82, 2.24) is 14.7 Å². The van der Waals surface area contributed by atoms with Gasteiger partial charge in [0.1, 0.15) is 11.5 Å². The number of nitrogens with one attached hydrogen (secondary N) is 1. The molecule has 8 heteroatoms. The van der Waals surface area contributed by atoms with Crippen LogP contribution in [-0.4, -0.2) is 48.5 Å². The van der Waals surface area contributed by atoms with E-state index in [0.29, 0.717) is 28.8 Å². The average molecular weight is 381 g/mol. The minimum absolute atomic E-state index is 0.247. The summed E-state index contributed by atoms with van der Waals surface area (Å²) in [5.74, 6) is 0.962. The van der Waals surface area contributed by atoms with Gasteiger partial charge in [0.25, 0.3) is 0 Å². The van der Waals surface area contributed by atoms with Crippen LogP contribution in [0.1, 0.15) is 17.0 Å². The zero-order valence-corrected chi connectivity index (χ0v) is 16.8. The predicted octanol–water partition coefficient (Wildman–Crippen LogP) is 3.41. The fourth-order valence-corrected chi connectivity index (χ4v) is 2.97. The molecule has 0 aliphatic carbocycles. The number of hydrogen-bond acceptors (Lipinski definition) is 4. The molecule has 142 valence electrons. The normalized spacial score (nSPS) is 10.6. The second-order valence-corrected chi connectivity index (χ2v) is 6.47. The summed E-state index contributed by atoms with van der Waals surface area (Å²) in [5.41, 5.74) is 3.75. The second kappa shape index (κ2) is 8.31. The average Bonchev–Trinajstić information content (AvgIpc) is 2.85. The van der Waals surface area contributed by atoms with Gasteiger partial charge in [-0.1, -0.05) is 11.6 Å². The van der Waals surface area contributed by atoms with Gasteiger partial charge in [-0.15, -0.1) is 0 Å². The maximum Gasteiger partial charge on any atom is 0.321 e. The second-order valence-electron chi connectivity index (χ2n) is 6.06. The van der Waals surface area contributed by atoms with Crippen molar-refractivity contribution in [1.29, 1.82) is 0 Å². The fraction of sp³-hybridized carbons (Fsp3) is 0.444. The lowest BCUT2D eigenvalue weighted by atomic mass is 10.1. The molecule has 2 rings (SSSR count). The number of hydrogen-bond donors (Lipinski definition) is 1. The van der Waals surface area contributed by atoms with Crippen molar-refractivity contribution in [3.63, 3.8) is 0 Å². The summed E-state index contributed by atoms with van der Waals surface area (Å²) in [4.78, 5) is 14.1. The topological polar surface area (TPSA) is 68.6 Å². The molecule has 0 fully saturated rings. The van der Waals surface area contributed by atoms with Gasteiger partial charge in [-0.2, -0.15) is 5.10 Å². The van der Waals surface area contributed by atoms with Crippen LogP contribution in [-0.2, 0) is 13.5 Å². The van der Waals surface area contributed by atoms with Gasteiger partial charge >= 0.3 is 6.03 Å². The lowest BCUT2D eigenvalue weighted by molar-refractivity contribution is 0.223. The Balaban J connectivity index is 2.06. The minimum atomic E-state index is -0.247. The Morgan fingerprint density at radius 2 is 1.92 bits per heavy atom. The van der Waals surface area contributed by atoms with Crippen molar-refractivity contribution in [2.45, 2.75) is 20.3 Å². The first-order chi connectivity index (χ1) is 12.3. The molecule has 1 N–H and O–H groups in total. The molecule has 0 aliphatic heterocycles. The van der Waals surface area contributed by atoms with Gasteiger partial charge in [0, 0.05) is 32.4 Å². The number of ether oxygens (including phenoxy) is 2. The molecule has 7 nitrogen and oxygen atoms in total. The standard InChI is InChI=1S/C18H25ClN4O3/c1-11-13(12(2)23(4)21-11)7-8-22(3)18(24)20-15-9-14(19)16(25-5)10-17(15)26-6/h9-10H,7-8H2,1-6H3,(H,20,24). The van der Waals surface area contributed by atoms with E-state index >= 15 is 0 Å². The Labute approximate surface area is 158 Å². The molecule has 0 spiro atoms. The third-order valence-electron chi connectivity index (χ3n) is 4.42. The maximum atomic E-state index is 12.5. The molecule has 2 amide bonds. The van der Waals surface area contributed by atoms with Gasteiger partial charge in [-0.05, 0) is 31.9 Å². The monoisotopic (exact) mass is 380 g/mol. The van der Waals surface area contributed by atoms with E-state index in [9.17, 15) is 4.79 Å². The van der Waals surface area contributed by atoms with Crippen LogP contribution < -0.4 is 14.8 Å². The summed E-state index contributed by atoms with van der Waals surface area (Å²) in [5, 5.41) is 7.63. The Hall–Kier alpha value is -2.41. The molecule has 0 radical (unpaired) electrons. The highest BCUT2D eigenvalue weighted by Crippen LogP contribution is 2.35. The van der Waals surface area contributed by atoms with E-state index in [0.717, 1.165) is 23.4 Å². The van der Waals surface area contributed by atoms with Crippen LogP contribution >= 0.6 is 11.6 Å². The van der Waals surface area contributed by atoms with Crippen LogP contribution in [0, 0.1) is 13.8 Å². The number of halogens is 1. The zero-order chi connectivity index (χ0) is 19.4. The number of aromatic nitrogens is 2. The lowest BCUT2D eigenvalue weighted by Gasteiger charge is -2.20. The Bertz CT molecular complexity index is 804. The largest absolute Gasteiger partial charge is 0.495 e. The van der Waals surface area contributed by atoms with Crippen LogP contribution in [0.3, 0.4) is 0 Å². The van der Waals surface area contributed by atoms with Crippen molar-refractivity contribution in [3.05, 3.63) is 34.1 Å². The fourth-order valence-electron chi connectivity index (χ4n) is 2.73. The molecule has 0 saturated carbocycles. The Morgan fingerprint density at radius 1 is 1.27 bits per heavy atom. The van der Waals surface area contributed by atoms with E-state index in [1.165, 1.54) is 14.2 Å². The summed E-state index contributed by atoms with van der Waals surface area (Å²) in [6.45, 7) is 4.57. The quantitative estimate of drug-likeness (QED) is 0.833. The summed E-state index contributed by atoms with van der Waals surface area (Å²) < 4.78 is 12.3. The number of amides is 2. The van der Waals surface area contributed by atoms with E-state index in [4.69, 9.17) is 21.1 Å². The first kappa shape index (κ1) is 19.9. The predicted molar refractivity (Wildman–Crippen MR) is 103 cm³/mol. The van der Waals surface area contributed by atoms with Crippen LogP contribution in [0.2, 0.25) is 5.02 Å². The number of benzene rings is 1. The van der Waals surface area contributed by atoms with Gasteiger partial charge < -0.3 is 19.7 Å². The number of rotatable bonds is 6. The van der Waals surface area contributed by atoms with Gasteiger partial charge in [-0.3, -0.25) is 4.68 Å². The molecule has 1 heterocycles. The summed E-state index contributed by atoms with van der Waals surface area (Å²) >= 11 is 6.15. The van der Waals surface area contributed by atoms with E-state index in [-0.39, 0.29) is 6.03 Å². The first-order valence-electron chi connectivity index (χ1n) is 8.21. The Kier molecular flexibility index (Phi) is 6.37. The minimum Gasteiger partial charge on any atom is -0.495 e. The maximum absolute atomic E-state index is 12.5. The van der Waals surface area contributed by atoms with Gasteiger partial charge in [0.15, 0.2) is 0 Å². The van der Waals surface area contributed by atoms with Gasteiger partial charge in [0.2, 0.25) is 0 Å². The van der Waals surface area contributed by atoms with Crippen molar-refractivity contribution < 1.29 is 14.3 Å². The molecule has 1 aromatic carbocycles. The smallest absolute Gasteiger partial charge is 0.321 e. The molecule has 0 atom stereocenters. The molecule has 0 aliphatic rings. The molecule has 2 aromatic rings. The van der Waals surface area contributed by atoms with Crippen molar-refractivity contribution in [3.8, 4) is 11.5 Å². The summed E-state index contributed by atoms with van der Waals surface area (Å²) in [7, 11) is 6.71. The molecule has 0 saturated heterocycles. The van der Waals surface area contributed by atoms with Crippen molar-refractivity contribution in [2.75, 3.05) is 33.1 Å². The number of carbonyl (C=O) groups excluding carboxylic acids is 1. The number of urea groups is 1. The van der Waals surface area contributed by atoms with Crippen LogP contribution in [0.5, 0.6) is 11.5 Å². The molecule has 1 aromatic heterocycles. The molecular formula is C18H25ClN4O3. The van der Waals surface area contributed by atoms with E-state index in [2.05, 4.69) is 10.4 Å². The number of anilines is 1. The van der Waals surface area contributed by atoms with Gasteiger partial charge in [0.05, 0.1) is 30.6 Å². The van der Waals surface area contributed by atoms with E-state index in [1.54, 1.807) is 24.1 Å². The first-order valence-corrected chi connectivity index (χ1v) is 8.59. The molecular weight excluding hydrogens is 356 g/mol. The van der Waals surface area contributed by atoms with E-state index < -0.39 is 0 Å². The zero-order valence-electron chi connectivity index (χ0n) is 16.0. The third-order valence-corrected chi connectivity index (χ3v) is 4.71. The molecule has 26 heavy (non-hydrogen) atoms. The highest BCUT2D eigenvalue weighted by Gasteiger charge is 2.16. The highest BCUT2D eigenvalue weighted by molar-refractivity contribution is 6.32. The number of carbonyl (C=O) groups is 1. The SMILES string of the molecule is COc1cc(OC)c(NC(=O)N(C)CCc2c(C)nn(C)c2C)cc1Cl. The number of likely N-dealkylation sites (N-methyl/N-ethyl adjacent to an activating group) is 1.